The topological polar surface area (TPSA) is 115 Å². The molecule has 0 radical (unpaired) electrons. The van der Waals surface area contributed by atoms with E-state index >= 15 is 0 Å². The molecule has 1 amide bonds. The molecule has 1 aromatic heterocycles. The molecule has 1 unspecified atom stereocenters. The maximum Gasteiger partial charge on any atom is 0.413 e. The van der Waals surface area contributed by atoms with Gasteiger partial charge in [-0.25, -0.2) is 14.6 Å². The summed E-state index contributed by atoms with van der Waals surface area (Å²) in [5.74, 6) is -3.00. The Kier molecular flexibility index (Phi) is 8.76. The predicted octanol–water partition coefficient (Wildman–Crippen LogP) is 4.13. The molecule has 0 spiro atoms. The minimum Gasteiger partial charge on any atom is -0.481 e. The van der Waals surface area contributed by atoms with Crippen LogP contribution < -0.4 is 5.32 Å². The monoisotopic (exact) mass is 430 g/mol. The van der Waals surface area contributed by atoms with Crippen LogP contribution in [0.4, 0.5) is 9.93 Å². The van der Waals surface area contributed by atoms with Crippen molar-refractivity contribution in [1.82, 2.24) is 4.98 Å². The van der Waals surface area contributed by atoms with Crippen molar-refractivity contribution in [1.29, 1.82) is 0 Å². The molecule has 0 fully saturated rings. The maximum atomic E-state index is 11.9. The number of carboxylic acid groups (broad SMARTS) is 1. The molecule has 1 heterocycles. The summed E-state index contributed by atoms with van der Waals surface area (Å²) in [7, 11) is 0. The average Bonchev–Trinajstić information content (AvgIpc) is 3.14. The van der Waals surface area contributed by atoms with Crippen molar-refractivity contribution in [2.24, 2.45) is 0 Å². The molecular formula is C21H22N2O6S. The van der Waals surface area contributed by atoms with Gasteiger partial charge in [0.25, 0.3) is 0 Å². The van der Waals surface area contributed by atoms with Crippen molar-refractivity contribution in [3.05, 3.63) is 70.8 Å². The lowest BCUT2D eigenvalue weighted by atomic mass is 10.1. The molecular weight excluding hydrogens is 408 g/mol. The van der Waals surface area contributed by atoms with Gasteiger partial charge >= 0.3 is 18.0 Å². The van der Waals surface area contributed by atoms with Crippen molar-refractivity contribution in [3.63, 3.8) is 0 Å². The number of esters is 1. The van der Waals surface area contributed by atoms with E-state index in [0.717, 1.165) is 28.5 Å². The highest BCUT2D eigenvalue weighted by molar-refractivity contribution is 7.13. The van der Waals surface area contributed by atoms with Crippen molar-refractivity contribution in [3.8, 4) is 0 Å². The van der Waals surface area contributed by atoms with E-state index in [0.29, 0.717) is 0 Å². The van der Waals surface area contributed by atoms with Gasteiger partial charge in [-0.1, -0.05) is 42.0 Å². The first-order chi connectivity index (χ1) is 14.3. The van der Waals surface area contributed by atoms with Gasteiger partial charge in [-0.3, -0.25) is 10.1 Å². The minimum atomic E-state index is -1.19. The van der Waals surface area contributed by atoms with Crippen LogP contribution in [0.3, 0.4) is 0 Å². The molecule has 2 rings (SSSR count). The molecule has 30 heavy (non-hydrogen) atoms. The highest BCUT2D eigenvalue weighted by atomic mass is 32.1. The van der Waals surface area contributed by atoms with E-state index in [4.69, 9.17) is 9.47 Å². The molecule has 0 saturated heterocycles. The summed E-state index contributed by atoms with van der Waals surface area (Å²) >= 11 is 1.05. The van der Waals surface area contributed by atoms with Crippen LogP contribution in [0, 0.1) is 0 Å². The third-order valence-electron chi connectivity index (χ3n) is 3.67. The maximum absolute atomic E-state index is 11.9. The zero-order valence-electron chi connectivity index (χ0n) is 16.5. The molecule has 0 aliphatic carbocycles. The van der Waals surface area contributed by atoms with E-state index in [2.05, 4.69) is 10.3 Å². The molecule has 9 heteroatoms. The van der Waals surface area contributed by atoms with Crippen LogP contribution in [0.5, 0.6) is 0 Å². The van der Waals surface area contributed by atoms with Crippen LogP contribution >= 0.6 is 11.3 Å². The summed E-state index contributed by atoms with van der Waals surface area (Å²) in [4.78, 5) is 39.2. The number of rotatable bonds is 9. The number of thiazole rings is 1. The highest BCUT2D eigenvalue weighted by Crippen LogP contribution is 2.24. The van der Waals surface area contributed by atoms with E-state index in [1.165, 1.54) is 11.5 Å². The van der Waals surface area contributed by atoms with Gasteiger partial charge in [-0.05, 0) is 25.5 Å². The Morgan fingerprint density at radius 2 is 1.93 bits per heavy atom. The summed E-state index contributed by atoms with van der Waals surface area (Å²) in [6.07, 6.45) is 3.28. The molecule has 158 valence electrons. The zero-order valence-corrected chi connectivity index (χ0v) is 17.3. The largest absolute Gasteiger partial charge is 0.481 e. The smallest absolute Gasteiger partial charge is 0.413 e. The predicted molar refractivity (Wildman–Crippen MR) is 112 cm³/mol. The number of ether oxygens (including phenoxy) is 2. The second kappa shape index (κ2) is 11.5. The van der Waals surface area contributed by atoms with Gasteiger partial charge in [-0.2, -0.15) is 0 Å². The first kappa shape index (κ1) is 22.8. The Balaban J connectivity index is 1.93. The number of hydrogen-bond acceptors (Lipinski definition) is 7. The second-order valence-corrected chi connectivity index (χ2v) is 7.21. The molecule has 2 N–H and O–H groups in total. The average molecular weight is 430 g/mol. The Labute approximate surface area is 177 Å². The normalized spacial score (nSPS) is 11.5. The van der Waals surface area contributed by atoms with Gasteiger partial charge in [-0.15, -0.1) is 11.3 Å². The van der Waals surface area contributed by atoms with Crippen LogP contribution in [-0.2, 0) is 25.7 Å². The van der Waals surface area contributed by atoms with E-state index in [-0.39, 0.29) is 24.0 Å². The number of anilines is 1. The molecule has 0 aliphatic rings. The molecule has 0 bridgehead atoms. The number of carbonyl (C=O) groups excluding carboxylic acids is 2. The van der Waals surface area contributed by atoms with E-state index in [1.807, 2.05) is 44.2 Å². The van der Waals surface area contributed by atoms with Crippen molar-refractivity contribution in [2.45, 2.75) is 26.4 Å². The number of nitrogens with one attached hydrogen (secondary N) is 1. The number of amides is 1. The minimum absolute atomic E-state index is 0.0975. The van der Waals surface area contributed by atoms with Crippen molar-refractivity contribution < 1.29 is 29.0 Å². The lowest BCUT2D eigenvalue weighted by Crippen LogP contribution is -2.14. The molecule has 2 aromatic rings. The summed E-state index contributed by atoms with van der Waals surface area (Å²) < 4.78 is 10.1. The molecule has 0 saturated carbocycles. The first-order valence-electron chi connectivity index (χ1n) is 8.99. The number of hydrogen-bond donors (Lipinski definition) is 2. The Hall–Kier alpha value is -3.46. The lowest BCUT2D eigenvalue weighted by Gasteiger charge is -2.05. The highest BCUT2D eigenvalue weighted by Gasteiger charge is 2.21. The Morgan fingerprint density at radius 3 is 2.60 bits per heavy atom. The van der Waals surface area contributed by atoms with Crippen LogP contribution in [0.25, 0.3) is 0 Å². The van der Waals surface area contributed by atoms with Gasteiger partial charge in [0.05, 0.1) is 5.69 Å². The van der Waals surface area contributed by atoms with Crippen LogP contribution in [0.2, 0.25) is 0 Å². The SMILES string of the molecule is CC(C)=CCOC(=O)/C=C/C(C(=O)O)c1csc(NC(=O)OCc2ccccc2)n1. The lowest BCUT2D eigenvalue weighted by molar-refractivity contribution is -0.137. The Bertz CT molecular complexity index is 932. The standard InChI is InChI=1S/C21H22N2O6S/c1-14(2)10-11-28-18(24)9-8-16(19(25)26)17-13-30-20(22-17)23-21(27)29-12-15-6-4-3-5-7-15/h3-10,13,16H,11-12H2,1-2H3,(H,25,26)(H,22,23,27)/b9-8+. The first-order valence-corrected chi connectivity index (χ1v) is 9.87. The summed E-state index contributed by atoms with van der Waals surface area (Å²) in [5.41, 5.74) is 2.01. The van der Waals surface area contributed by atoms with Gasteiger partial charge in [0.15, 0.2) is 5.13 Å². The number of aromatic nitrogens is 1. The fraction of sp³-hybridized carbons (Fsp3) is 0.238. The second-order valence-electron chi connectivity index (χ2n) is 6.35. The van der Waals surface area contributed by atoms with Gasteiger partial charge < -0.3 is 14.6 Å². The van der Waals surface area contributed by atoms with Crippen LogP contribution in [0.15, 0.2) is 59.5 Å². The fourth-order valence-corrected chi connectivity index (χ4v) is 2.89. The number of nitrogens with zero attached hydrogens (tertiary/aromatic N) is 1. The summed E-state index contributed by atoms with van der Waals surface area (Å²) in [5, 5.41) is 13.6. The number of aliphatic carboxylic acids is 1. The number of allylic oxidation sites excluding steroid dienone is 1. The molecule has 0 aliphatic heterocycles. The van der Waals surface area contributed by atoms with Crippen LogP contribution in [-0.4, -0.2) is 34.7 Å². The molecule has 1 aromatic carbocycles. The third kappa shape index (κ3) is 7.88. The number of carbonyl (C=O) groups is 3. The van der Waals surface area contributed by atoms with Crippen molar-refractivity contribution >= 4 is 34.5 Å². The quantitative estimate of drug-likeness (QED) is 0.349. The van der Waals surface area contributed by atoms with Crippen molar-refractivity contribution in [2.75, 3.05) is 11.9 Å². The third-order valence-corrected chi connectivity index (χ3v) is 4.45. The Morgan fingerprint density at radius 1 is 1.20 bits per heavy atom. The molecule has 8 nitrogen and oxygen atoms in total. The van der Waals surface area contributed by atoms with Crippen LogP contribution in [0.1, 0.15) is 31.0 Å². The number of carboxylic acids is 1. The van der Waals surface area contributed by atoms with Gasteiger partial charge in [0.1, 0.15) is 19.1 Å². The van der Waals surface area contributed by atoms with E-state index in [1.54, 1.807) is 6.08 Å². The summed E-state index contributed by atoms with van der Waals surface area (Å²) in [6, 6.07) is 9.17. The summed E-state index contributed by atoms with van der Waals surface area (Å²) in [6.45, 7) is 3.95. The van der Waals surface area contributed by atoms with Gasteiger partial charge in [0.2, 0.25) is 0 Å². The van der Waals surface area contributed by atoms with Gasteiger partial charge in [0, 0.05) is 11.5 Å². The molecule has 1 atom stereocenters. The number of benzene rings is 1. The fourth-order valence-electron chi connectivity index (χ4n) is 2.15. The van der Waals surface area contributed by atoms with E-state index in [9.17, 15) is 19.5 Å². The van der Waals surface area contributed by atoms with E-state index < -0.39 is 23.9 Å². The zero-order chi connectivity index (χ0) is 21.9.